The van der Waals surface area contributed by atoms with Crippen molar-refractivity contribution < 1.29 is 14.5 Å². The summed E-state index contributed by atoms with van der Waals surface area (Å²) in [6.07, 6.45) is 5.28. The van der Waals surface area contributed by atoms with Gasteiger partial charge >= 0.3 is 0 Å². The molecule has 3 aromatic rings. The topological polar surface area (TPSA) is 99.3 Å². The van der Waals surface area contributed by atoms with Crippen LogP contribution in [0.3, 0.4) is 0 Å². The third-order valence-electron chi connectivity index (χ3n) is 3.78. The van der Waals surface area contributed by atoms with Crippen LogP contribution in [-0.4, -0.2) is 27.5 Å². The number of hydrogen-bond acceptors (Lipinski definition) is 5. The van der Waals surface area contributed by atoms with Crippen LogP contribution in [0.2, 0.25) is 0 Å². The minimum Gasteiger partial charge on any atom is -0.495 e. The fourth-order valence-electron chi connectivity index (χ4n) is 2.45. The van der Waals surface area contributed by atoms with Gasteiger partial charge in [0.25, 0.3) is 11.6 Å². The molecular formula is C18H16N4O4. The van der Waals surface area contributed by atoms with Gasteiger partial charge in [-0.25, -0.2) is 4.98 Å². The standard InChI is InChI=1S/C18H16N4O4/c1-26-17-7-6-15(22(24)25)10-16(17)20-18(23)14-4-2-13(3-5-14)11-21-9-8-19-12-21/h2-10,12H,11H2,1H3,(H,20,23). The Balaban J connectivity index is 1.75. The van der Waals surface area contributed by atoms with Gasteiger partial charge in [-0.05, 0) is 23.8 Å². The van der Waals surface area contributed by atoms with Crippen LogP contribution < -0.4 is 10.1 Å². The molecule has 0 aliphatic heterocycles. The number of nitrogens with one attached hydrogen (secondary N) is 1. The summed E-state index contributed by atoms with van der Waals surface area (Å²) >= 11 is 0. The molecule has 0 radical (unpaired) electrons. The number of non-ortho nitro benzene ring substituents is 1. The van der Waals surface area contributed by atoms with Gasteiger partial charge < -0.3 is 14.6 Å². The molecule has 1 amide bonds. The molecule has 0 saturated heterocycles. The quantitative estimate of drug-likeness (QED) is 0.543. The maximum Gasteiger partial charge on any atom is 0.271 e. The number of nitro benzene ring substituents is 1. The molecule has 0 bridgehead atoms. The lowest BCUT2D eigenvalue weighted by Gasteiger charge is -2.10. The van der Waals surface area contributed by atoms with E-state index in [2.05, 4.69) is 10.3 Å². The second-order valence-electron chi connectivity index (χ2n) is 5.53. The number of aromatic nitrogens is 2. The summed E-state index contributed by atoms with van der Waals surface area (Å²) in [6.45, 7) is 0.653. The van der Waals surface area contributed by atoms with Gasteiger partial charge in [0.2, 0.25) is 0 Å². The first-order valence-electron chi connectivity index (χ1n) is 7.75. The Morgan fingerprint density at radius 3 is 2.65 bits per heavy atom. The zero-order valence-corrected chi connectivity index (χ0v) is 14.0. The minimum absolute atomic E-state index is 0.128. The number of amides is 1. The molecule has 0 aliphatic carbocycles. The molecule has 3 rings (SSSR count). The molecule has 1 aromatic heterocycles. The van der Waals surface area contributed by atoms with E-state index in [4.69, 9.17) is 4.74 Å². The fraction of sp³-hybridized carbons (Fsp3) is 0.111. The lowest BCUT2D eigenvalue weighted by atomic mass is 10.1. The first-order chi connectivity index (χ1) is 12.6. The number of nitrogens with zero attached hydrogens (tertiary/aromatic N) is 3. The van der Waals surface area contributed by atoms with Crippen LogP contribution >= 0.6 is 0 Å². The zero-order valence-electron chi connectivity index (χ0n) is 14.0. The van der Waals surface area contributed by atoms with Gasteiger partial charge in [0.1, 0.15) is 5.75 Å². The van der Waals surface area contributed by atoms with Gasteiger partial charge in [-0.15, -0.1) is 0 Å². The number of carbonyl (C=O) groups excluding carboxylic acids is 1. The van der Waals surface area contributed by atoms with Crippen LogP contribution in [0.4, 0.5) is 11.4 Å². The van der Waals surface area contributed by atoms with E-state index >= 15 is 0 Å². The van der Waals surface area contributed by atoms with Crippen molar-refractivity contribution in [2.45, 2.75) is 6.54 Å². The maximum atomic E-state index is 12.4. The number of rotatable bonds is 6. The van der Waals surface area contributed by atoms with Crippen molar-refractivity contribution in [3.63, 3.8) is 0 Å². The van der Waals surface area contributed by atoms with Gasteiger partial charge in [-0.2, -0.15) is 0 Å². The molecule has 132 valence electrons. The molecule has 1 heterocycles. The summed E-state index contributed by atoms with van der Waals surface area (Å²) in [7, 11) is 1.43. The van der Waals surface area contributed by atoms with E-state index in [1.54, 1.807) is 24.7 Å². The molecule has 8 heteroatoms. The molecule has 0 fully saturated rings. The summed E-state index contributed by atoms with van der Waals surface area (Å²) in [5, 5.41) is 13.6. The summed E-state index contributed by atoms with van der Waals surface area (Å²) < 4.78 is 7.07. The Hall–Kier alpha value is -3.68. The smallest absolute Gasteiger partial charge is 0.271 e. The molecule has 2 aromatic carbocycles. The van der Waals surface area contributed by atoms with E-state index in [-0.39, 0.29) is 17.3 Å². The van der Waals surface area contributed by atoms with E-state index in [1.165, 1.54) is 25.3 Å². The molecule has 26 heavy (non-hydrogen) atoms. The molecule has 1 N–H and O–H groups in total. The summed E-state index contributed by atoms with van der Waals surface area (Å²) in [6, 6.07) is 11.1. The summed E-state index contributed by atoms with van der Waals surface area (Å²) in [5.41, 5.74) is 1.58. The second kappa shape index (κ2) is 7.47. The number of hydrogen-bond donors (Lipinski definition) is 1. The molecule has 8 nitrogen and oxygen atoms in total. The Bertz CT molecular complexity index is 921. The van der Waals surface area contributed by atoms with Crippen LogP contribution in [0.1, 0.15) is 15.9 Å². The van der Waals surface area contributed by atoms with Crippen LogP contribution in [0.5, 0.6) is 5.75 Å². The van der Waals surface area contributed by atoms with Crippen LogP contribution in [0.25, 0.3) is 0 Å². The van der Waals surface area contributed by atoms with Gasteiger partial charge in [0.05, 0.1) is 24.0 Å². The van der Waals surface area contributed by atoms with Gasteiger partial charge in [-0.3, -0.25) is 14.9 Å². The molecule has 0 atom stereocenters. The largest absolute Gasteiger partial charge is 0.495 e. The van der Waals surface area contributed by atoms with E-state index in [9.17, 15) is 14.9 Å². The molecule has 0 saturated carbocycles. The number of nitro groups is 1. The highest BCUT2D eigenvalue weighted by Crippen LogP contribution is 2.29. The zero-order chi connectivity index (χ0) is 18.5. The second-order valence-corrected chi connectivity index (χ2v) is 5.53. The maximum absolute atomic E-state index is 12.4. The van der Waals surface area contributed by atoms with E-state index < -0.39 is 4.92 Å². The van der Waals surface area contributed by atoms with Crippen molar-refractivity contribution in [1.82, 2.24) is 9.55 Å². The number of imidazole rings is 1. The van der Waals surface area contributed by atoms with E-state index in [0.29, 0.717) is 17.9 Å². The average Bonchev–Trinajstić information content (AvgIpc) is 3.15. The third-order valence-corrected chi connectivity index (χ3v) is 3.78. The Kier molecular flexibility index (Phi) is 4.93. The minimum atomic E-state index is -0.528. The summed E-state index contributed by atoms with van der Waals surface area (Å²) in [4.78, 5) is 26.8. The summed E-state index contributed by atoms with van der Waals surface area (Å²) in [5.74, 6) is -0.0290. The van der Waals surface area contributed by atoms with Gasteiger partial charge in [-0.1, -0.05) is 12.1 Å². The van der Waals surface area contributed by atoms with Crippen molar-refractivity contribution in [2.75, 3.05) is 12.4 Å². The first-order valence-corrected chi connectivity index (χ1v) is 7.75. The van der Waals surface area contributed by atoms with Gasteiger partial charge in [0, 0.05) is 36.6 Å². The van der Waals surface area contributed by atoms with Crippen molar-refractivity contribution in [3.05, 3.63) is 82.4 Å². The lowest BCUT2D eigenvalue weighted by Crippen LogP contribution is -2.13. The fourth-order valence-corrected chi connectivity index (χ4v) is 2.45. The van der Waals surface area contributed by atoms with E-state index in [1.807, 2.05) is 22.9 Å². The number of anilines is 1. The highest BCUT2D eigenvalue weighted by molar-refractivity contribution is 6.05. The van der Waals surface area contributed by atoms with Crippen LogP contribution in [-0.2, 0) is 6.54 Å². The SMILES string of the molecule is COc1ccc([N+](=O)[O-])cc1NC(=O)c1ccc(Cn2ccnc2)cc1. The van der Waals surface area contributed by atoms with E-state index in [0.717, 1.165) is 5.56 Å². The van der Waals surface area contributed by atoms with Gasteiger partial charge in [0.15, 0.2) is 0 Å². The Morgan fingerprint density at radius 1 is 1.27 bits per heavy atom. The average molecular weight is 352 g/mol. The van der Waals surface area contributed by atoms with Crippen LogP contribution in [0.15, 0.2) is 61.2 Å². The van der Waals surface area contributed by atoms with Crippen molar-refractivity contribution in [3.8, 4) is 5.75 Å². The highest BCUT2D eigenvalue weighted by atomic mass is 16.6. The predicted octanol–water partition coefficient (Wildman–Crippen LogP) is 3.10. The number of methoxy groups -OCH3 is 1. The Morgan fingerprint density at radius 2 is 2.04 bits per heavy atom. The number of carbonyl (C=O) groups is 1. The normalized spacial score (nSPS) is 10.3. The highest BCUT2D eigenvalue weighted by Gasteiger charge is 2.14. The predicted molar refractivity (Wildman–Crippen MR) is 95.4 cm³/mol. The molecular weight excluding hydrogens is 336 g/mol. The molecule has 0 unspecified atom stereocenters. The number of ether oxygens (including phenoxy) is 1. The lowest BCUT2D eigenvalue weighted by molar-refractivity contribution is -0.384. The first kappa shape index (κ1) is 17.2. The van der Waals surface area contributed by atoms with Crippen molar-refractivity contribution in [1.29, 1.82) is 0 Å². The third kappa shape index (κ3) is 3.86. The molecule has 0 aliphatic rings. The van der Waals surface area contributed by atoms with Crippen LogP contribution in [0, 0.1) is 10.1 Å². The van der Waals surface area contributed by atoms with Crippen molar-refractivity contribution in [2.24, 2.45) is 0 Å². The monoisotopic (exact) mass is 352 g/mol. The molecule has 0 spiro atoms. The number of benzene rings is 2. The Labute approximate surface area is 149 Å². The van der Waals surface area contributed by atoms with Crippen molar-refractivity contribution >= 4 is 17.3 Å².